The Morgan fingerprint density at radius 1 is 1.13 bits per heavy atom. The van der Waals surface area contributed by atoms with E-state index in [1.54, 1.807) is 0 Å². The zero-order valence-corrected chi connectivity index (χ0v) is 24.3. The average molecular weight is 566 g/mol. The molecule has 39 heavy (non-hydrogen) atoms. The number of nitrogens with zero attached hydrogens (tertiary/aromatic N) is 5. The summed E-state index contributed by atoms with van der Waals surface area (Å²) in [5.74, 6) is 2.30. The minimum absolute atomic E-state index is 0.00208. The molecule has 206 valence electrons. The molecule has 0 bridgehead atoms. The van der Waals surface area contributed by atoms with Gasteiger partial charge in [0, 0.05) is 30.2 Å². The van der Waals surface area contributed by atoms with Crippen molar-refractivity contribution in [1.82, 2.24) is 35.5 Å². The molecular formula is C29H36ClN7OS. The molecule has 0 spiro atoms. The van der Waals surface area contributed by atoms with Gasteiger partial charge in [-0.05, 0) is 40.7 Å². The van der Waals surface area contributed by atoms with E-state index in [2.05, 4.69) is 99.2 Å². The van der Waals surface area contributed by atoms with Gasteiger partial charge in [0.2, 0.25) is 11.7 Å². The summed E-state index contributed by atoms with van der Waals surface area (Å²) in [5, 5.41) is 18.1. The number of hydrogen-bond acceptors (Lipinski definition) is 6. The number of nitrogens with one attached hydrogen (secondary N) is 2. The number of tetrazole rings is 1. The average Bonchev–Trinajstić information content (AvgIpc) is 3.58. The van der Waals surface area contributed by atoms with Gasteiger partial charge in [-0.15, -0.1) is 10.2 Å². The Balaban J connectivity index is 1.56. The van der Waals surface area contributed by atoms with Crippen molar-refractivity contribution >= 4 is 30.1 Å². The fraction of sp³-hybridized carbons (Fsp3) is 0.414. The monoisotopic (exact) mass is 565 g/mol. The second kappa shape index (κ2) is 13.8. The van der Waals surface area contributed by atoms with Crippen LogP contribution in [0.5, 0.6) is 0 Å². The summed E-state index contributed by atoms with van der Waals surface area (Å²) in [5.41, 5.74) is 4.94. The molecule has 1 atom stereocenters. The highest BCUT2D eigenvalue weighted by Gasteiger charge is 2.21. The molecule has 0 saturated heterocycles. The van der Waals surface area contributed by atoms with Crippen molar-refractivity contribution in [1.29, 1.82) is 0 Å². The molecule has 0 fully saturated rings. The van der Waals surface area contributed by atoms with Crippen molar-refractivity contribution in [2.45, 2.75) is 59.5 Å². The zero-order valence-electron chi connectivity index (χ0n) is 22.7. The summed E-state index contributed by atoms with van der Waals surface area (Å²) in [4.78, 5) is 17.6. The largest absolute Gasteiger partial charge is 0.350 e. The van der Waals surface area contributed by atoms with Crippen LogP contribution in [0.2, 0.25) is 5.15 Å². The Morgan fingerprint density at radius 2 is 1.87 bits per heavy atom. The summed E-state index contributed by atoms with van der Waals surface area (Å²) in [7, 11) is 0. The van der Waals surface area contributed by atoms with Crippen LogP contribution in [0.15, 0.2) is 48.5 Å². The van der Waals surface area contributed by atoms with Crippen LogP contribution in [0.4, 0.5) is 0 Å². The topological polar surface area (TPSA) is 101 Å². The number of carbonyl (C=O) groups is 1. The molecule has 0 unspecified atom stereocenters. The van der Waals surface area contributed by atoms with Crippen LogP contribution in [0.3, 0.4) is 0 Å². The number of unbranched alkanes of at least 4 members (excludes halogenated alkanes) is 1. The quantitative estimate of drug-likeness (QED) is 0.173. The van der Waals surface area contributed by atoms with Gasteiger partial charge >= 0.3 is 0 Å². The van der Waals surface area contributed by atoms with Gasteiger partial charge in [0.05, 0.1) is 12.2 Å². The Morgan fingerprint density at radius 3 is 2.51 bits per heavy atom. The molecule has 2 heterocycles. The highest BCUT2D eigenvalue weighted by atomic mass is 35.5. The lowest BCUT2D eigenvalue weighted by molar-refractivity contribution is -0.124. The third-order valence-electron chi connectivity index (χ3n) is 6.75. The number of H-pyrrole nitrogens is 1. The van der Waals surface area contributed by atoms with E-state index in [-0.39, 0.29) is 11.8 Å². The molecule has 0 aliphatic carbocycles. The Bertz CT molecular complexity index is 1350. The maximum atomic E-state index is 12.9. The van der Waals surface area contributed by atoms with Crippen molar-refractivity contribution < 1.29 is 4.79 Å². The van der Waals surface area contributed by atoms with E-state index in [9.17, 15) is 4.79 Å². The SMILES string of the molecule is CCCCc1nc(Cl)c(CNC(=O)[C@H](CS)CC(C)C)n1Cc1ccc(-c2ccccc2-c2nn[nH]n2)cc1. The summed E-state index contributed by atoms with van der Waals surface area (Å²) >= 11 is 11.0. The Labute approximate surface area is 240 Å². The number of aryl methyl sites for hydroxylation is 1. The lowest BCUT2D eigenvalue weighted by Crippen LogP contribution is -2.33. The summed E-state index contributed by atoms with van der Waals surface area (Å²) in [6.45, 7) is 7.33. The number of aromatic nitrogens is 6. The molecule has 0 aliphatic heterocycles. The van der Waals surface area contributed by atoms with Crippen molar-refractivity contribution in [3.63, 3.8) is 0 Å². The molecule has 0 radical (unpaired) electrons. The predicted molar refractivity (Wildman–Crippen MR) is 159 cm³/mol. The minimum Gasteiger partial charge on any atom is -0.350 e. The number of rotatable bonds is 13. The smallest absolute Gasteiger partial charge is 0.224 e. The van der Waals surface area contributed by atoms with Crippen LogP contribution in [0.25, 0.3) is 22.5 Å². The molecular weight excluding hydrogens is 530 g/mol. The standard InChI is InChI=1S/C29H36ClN7OS/c1-4-5-10-26-32-27(30)25(16-31-29(38)22(18-39)15-19(2)3)37(26)17-20-11-13-21(14-12-20)23-8-6-7-9-24(23)28-33-35-36-34-28/h6-9,11-14,19,22,39H,4-5,10,15-18H2,1-3H3,(H,31,38)(H,33,34,35,36)/t22-/m0/s1. The number of thiol groups is 1. The molecule has 10 heteroatoms. The predicted octanol–water partition coefficient (Wildman–Crippen LogP) is 5.98. The first-order valence-corrected chi connectivity index (χ1v) is 14.5. The van der Waals surface area contributed by atoms with E-state index < -0.39 is 0 Å². The first-order valence-electron chi connectivity index (χ1n) is 13.5. The van der Waals surface area contributed by atoms with Crippen LogP contribution in [0.1, 0.15) is 57.1 Å². The molecule has 0 saturated carbocycles. The molecule has 2 aromatic carbocycles. The molecule has 8 nitrogen and oxygen atoms in total. The maximum Gasteiger partial charge on any atom is 0.224 e. The molecule has 1 amide bonds. The minimum atomic E-state index is -0.133. The van der Waals surface area contributed by atoms with Crippen LogP contribution >= 0.6 is 24.2 Å². The van der Waals surface area contributed by atoms with Gasteiger partial charge < -0.3 is 9.88 Å². The number of amides is 1. The number of benzene rings is 2. The Hall–Kier alpha value is -3.17. The third kappa shape index (κ3) is 7.28. The number of imidazole rings is 1. The lowest BCUT2D eigenvalue weighted by Gasteiger charge is -2.18. The van der Waals surface area contributed by atoms with Crippen molar-refractivity contribution in [3.05, 3.63) is 70.8 Å². The van der Waals surface area contributed by atoms with Crippen molar-refractivity contribution in [2.75, 3.05) is 5.75 Å². The van der Waals surface area contributed by atoms with Gasteiger partial charge in [-0.2, -0.15) is 17.8 Å². The van der Waals surface area contributed by atoms with E-state index in [4.69, 9.17) is 11.6 Å². The highest BCUT2D eigenvalue weighted by molar-refractivity contribution is 7.80. The number of halogens is 1. The fourth-order valence-electron chi connectivity index (χ4n) is 4.71. The normalized spacial score (nSPS) is 12.2. The lowest BCUT2D eigenvalue weighted by atomic mass is 9.98. The molecule has 0 aliphatic rings. The number of carbonyl (C=O) groups excluding carboxylic acids is 1. The first kappa shape index (κ1) is 28.8. The maximum absolute atomic E-state index is 12.9. The summed E-state index contributed by atoms with van der Waals surface area (Å²) in [6.07, 6.45) is 3.70. The van der Waals surface area contributed by atoms with Gasteiger partial charge in [0.15, 0.2) is 5.15 Å². The van der Waals surface area contributed by atoms with E-state index in [0.29, 0.717) is 35.7 Å². The second-order valence-electron chi connectivity index (χ2n) is 10.2. The van der Waals surface area contributed by atoms with Crippen LogP contribution in [-0.2, 0) is 24.3 Å². The van der Waals surface area contributed by atoms with Gasteiger partial charge in [-0.3, -0.25) is 4.79 Å². The zero-order chi connectivity index (χ0) is 27.8. The summed E-state index contributed by atoms with van der Waals surface area (Å²) < 4.78 is 2.15. The summed E-state index contributed by atoms with van der Waals surface area (Å²) in [6, 6.07) is 16.4. The van der Waals surface area contributed by atoms with Crippen molar-refractivity contribution in [3.8, 4) is 22.5 Å². The number of aromatic amines is 1. The van der Waals surface area contributed by atoms with E-state index in [1.807, 2.05) is 18.2 Å². The van der Waals surface area contributed by atoms with Gasteiger partial charge in [-0.25, -0.2) is 4.98 Å². The Kier molecular flexibility index (Phi) is 10.2. The van der Waals surface area contributed by atoms with Gasteiger partial charge in [0.25, 0.3) is 0 Å². The molecule has 4 aromatic rings. The first-order chi connectivity index (χ1) is 18.9. The van der Waals surface area contributed by atoms with Crippen molar-refractivity contribution in [2.24, 2.45) is 11.8 Å². The molecule has 2 aromatic heterocycles. The number of hydrogen-bond donors (Lipinski definition) is 3. The van der Waals surface area contributed by atoms with Gasteiger partial charge in [0.1, 0.15) is 5.82 Å². The van der Waals surface area contributed by atoms with E-state index in [0.717, 1.165) is 59.5 Å². The van der Waals surface area contributed by atoms with E-state index >= 15 is 0 Å². The van der Waals surface area contributed by atoms with Crippen LogP contribution < -0.4 is 5.32 Å². The third-order valence-corrected chi connectivity index (χ3v) is 7.50. The van der Waals surface area contributed by atoms with Crippen LogP contribution in [-0.4, -0.2) is 41.8 Å². The van der Waals surface area contributed by atoms with Crippen LogP contribution in [0, 0.1) is 11.8 Å². The highest BCUT2D eigenvalue weighted by Crippen LogP contribution is 2.30. The molecule has 4 rings (SSSR count). The van der Waals surface area contributed by atoms with E-state index in [1.165, 1.54) is 0 Å². The van der Waals surface area contributed by atoms with Gasteiger partial charge in [-0.1, -0.05) is 87.3 Å². The fourth-order valence-corrected chi connectivity index (χ4v) is 5.29. The molecule has 2 N–H and O–H groups in total. The second-order valence-corrected chi connectivity index (χ2v) is 10.9.